The van der Waals surface area contributed by atoms with Gasteiger partial charge in [0.15, 0.2) is 0 Å². The van der Waals surface area contributed by atoms with E-state index >= 15 is 0 Å². The molecule has 9 heteroatoms. The number of hydrogen-bond donors (Lipinski definition) is 1. The van der Waals surface area contributed by atoms with Crippen LogP contribution in [0.25, 0.3) is 0 Å². The van der Waals surface area contributed by atoms with Crippen molar-refractivity contribution in [1.82, 2.24) is 0 Å². The Balaban J connectivity index is 2.17. The standard InChI is InChI=1S/C13H9BrN4O4/c14-11-7-10(17(19)20)6-5-9(11)8-15-16-12-3-1-2-4-13(12)18(21)22/h1-8,16H. The van der Waals surface area contributed by atoms with Crippen LogP contribution in [0.3, 0.4) is 0 Å². The topological polar surface area (TPSA) is 111 Å². The number of nitro benzene ring substituents is 2. The molecule has 0 aliphatic rings. The molecule has 0 heterocycles. The van der Waals surface area contributed by atoms with Crippen molar-refractivity contribution in [2.75, 3.05) is 5.43 Å². The van der Waals surface area contributed by atoms with Crippen LogP contribution in [-0.2, 0) is 0 Å². The normalized spacial score (nSPS) is 10.6. The van der Waals surface area contributed by atoms with Crippen LogP contribution in [0.4, 0.5) is 17.1 Å². The van der Waals surface area contributed by atoms with Gasteiger partial charge in [-0.25, -0.2) is 0 Å². The summed E-state index contributed by atoms with van der Waals surface area (Å²) in [6.07, 6.45) is 1.41. The van der Waals surface area contributed by atoms with Gasteiger partial charge in [-0.2, -0.15) is 5.10 Å². The molecule has 0 amide bonds. The van der Waals surface area contributed by atoms with Gasteiger partial charge in [-0.15, -0.1) is 0 Å². The summed E-state index contributed by atoms with van der Waals surface area (Å²) in [6, 6.07) is 10.3. The smallest absolute Gasteiger partial charge is 0.272 e. The van der Waals surface area contributed by atoms with Crippen molar-refractivity contribution >= 4 is 39.2 Å². The molecular weight excluding hydrogens is 356 g/mol. The fraction of sp³-hybridized carbons (Fsp3) is 0. The van der Waals surface area contributed by atoms with Gasteiger partial charge in [0, 0.05) is 28.2 Å². The van der Waals surface area contributed by atoms with Gasteiger partial charge >= 0.3 is 0 Å². The predicted octanol–water partition coefficient (Wildman–Crippen LogP) is 3.71. The second kappa shape index (κ2) is 6.76. The van der Waals surface area contributed by atoms with E-state index in [0.29, 0.717) is 10.0 Å². The summed E-state index contributed by atoms with van der Waals surface area (Å²) < 4.78 is 0.495. The minimum Gasteiger partial charge on any atom is -0.272 e. The van der Waals surface area contributed by atoms with Crippen LogP contribution in [-0.4, -0.2) is 16.1 Å². The molecule has 0 atom stereocenters. The molecule has 0 aliphatic heterocycles. The van der Waals surface area contributed by atoms with E-state index in [1.165, 1.54) is 36.5 Å². The Bertz CT molecular complexity index is 763. The summed E-state index contributed by atoms with van der Waals surface area (Å²) in [5.74, 6) is 0. The number of nitro groups is 2. The highest BCUT2D eigenvalue weighted by molar-refractivity contribution is 9.10. The highest BCUT2D eigenvalue weighted by atomic mass is 79.9. The number of non-ortho nitro benzene ring substituents is 1. The van der Waals surface area contributed by atoms with Crippen LogP contribution >= 0.6 is 15.9 Å². The Kier molecular flexibility index (Phi) is 4.79. The van der Waals surface area contributed by atoms with Crippen molar-refractivity contribution in [3.63, 3.8) is 0 Å². The number of halogens is 1. The van der Waals surface area contributed by atoms with E-state index in [1.807, 2.05) is 0 Å². The highest BCUT2D eigenvalue weighted by Crippen LogP contribution is 2.24. The minimum atomic E-state index is -0.514. The second-order valence-corrected chi connectivity index (χ2v) is 4.96. The molecule has 2 aromatic rings. The number of rotatable bonds is 5. The zero-order valence-corrected chi connectivity index (χ0v) is 12.6. The molecular formula is C13H9BrN4O4. The number of benzene rings is 2. The van der Waals surface area contributed by atoms with E-state index in [9.17, 15) is 20.2 Å². The third kappa shape index (κ3) is 3.64. The maximum atomic E-state index is 10.9. The van der Waals surface area contributed by atoms with E-state index in [4.69, 9.17) is 0 Å². The third-order valence-corrected chi connectivity index (χ3v) is 3.37. The first-order valence-electron chi connectivity index (χ1n) is 5.95. The molecule has 1 N–H and O–H groups in total. The Morgan fingerprint density at radius 3 is 2.45 bits per heavy atom. The summed E-state index contributed by atoms with van der Waals surface area (Å²) >= 11 is 3.21. The molecule has 0 unspecified atom stereocenters. The third-order valence-electron chi connectivity index (χ3n) is 2.68. The fourth-order valence-electron chi connectivity index (χ4n) is 1.63. The monoisotopic (exact) mass is 364 g/mol. The van der Waals surface area contributed by atoms with Gasteiger partial charge in [0.05, 0.1) is 16.1 Å². The van der Waals surface area contributed by atoms with Crippen molar-refractivity contribution in [2.24, 2.45) is 5.10 Å². The molecule has 2 aromatic carbocycles. The average molecular weight is 365 g/mol. The van der Waals surface area contributed by atoms with Crippen LogP contribution in [0.2, 0.25) is 0 Å². The first kappa shape index (κ1) is 15.6. The van der Waals surface area contributed by atoms with Crippen molar-refractivity contribution in [3.8, 4) is 0 Å². The molecule has 0 saturated carbocycles. The molecule has 0 radical (unpaired) electrons. The van der Waals surface area contributed by atoms with Crippen molar-refractivity contribution in [3.05, 3.63) is 72.7 Å². The summed E-state index contributed by atoms with van der Waals surface area (Å²) in [4.78, 5) is 20.5. The quantitative estimate of drug-likeness (QED) is 0.493. The molecule has 0 saturated heterocycles. The van der Waals surface area contributed by atoms with E-state index in [2.05, 4.69) is 26.5 Å². The molecule has 8 nitrogen and oxygen atoms in total. The maximum absolute atomic E-state index is 10.9. The van der Waals surface area contributed by atoms with Crippen LogP contribution in [0.15, 0.2) is 52.0 Å². The molecule has 0 bridgehead atoms. The zero-order chi connectivity index (χ0) is 16.1. The average Bonchev–Trinajstić information content (AvgIpc) is 2.49. The lowest BCUT2D eigenvalue weighted by molar-refractivity contribution is -0.385. The summed E-state index contributed by atoms with van der Waals surface area (Å²) in [5.41, 5.74) is 3.29. The van der Waals surface area contributed by atoms with Gasteiger partial charge in [0.25, 0.3) is 11.4 Å². The molecule has 0 spiro atoms. The lowest BCUT2D eigenvalue weighted by Crippen LogP contribution is -1.97. The molecule has 22 heavy (non-hydrogen) atoms. The Hall–Kier alpha value is -2.81. The van der Waals surface area contributed by atoms with Gasteiger partial charge in [-0.05, 0) is 28.1 Å². The zero-order valence-electron chi connectivity index (χ0n) is 11.0. The molecule has 112 valence electrons. The summed E-state index contributed by atoms with van der Waals surface area (Å²) in [6.45, 7) is 0. The van der Waals surface area contributed by atoms with Crippen LogP contribution in [0, 0.1) is 20.2 Å². The van der Waals surface area contributed by atoms with E-state index in [0.717, 1.165) is 0 Å². The van der Waals surface area contributed by atoms with Gasteiger partial charge in [-0.3, -0.25) is 25.7 Å². The first-order valence-corrected chi connectivity index (χ1v) is 6.75. The number of anilines is 1. The van der Waals surface area contributed by atoms with Crippen LogP contribution < -0.4 is 5.43 Å². The Labute approximate surface area is 132 Å². The molecule has 0 aliphatic carbocycles. The van der Waals surface area contributed by atoms with Crippen LogP contribution in [0.5, 0.6) is 0 Å². The van der Waals surface area contributed by atoms with Gasteiger partial charge < -0.3 is 0 Å². The second-order valence-electron chi connectivity index (χ2n) is 4.11. The van der Waals surface area contributed by atoms with E-state index < -0.39 is 9.85 Å². The lowest BCUT2D eigenvalue weighted by Gasteiger charge is -2.02. The van der Waals surface area contributed by atoms with Gasteiger partial charge in [0.2, 0.25) is 0 Å². The van der Waals surface area contributed by atoms with Gasteiger partial charge in [0.1, 0.15) is 5.69 Å². The van der Waals surface area contributed by atoms with Crippen molar-refractivity contribution < 1.29 is 9.85 Å². The maximum Gasteiger partial charge on any atom is 0.294 e. The molecule has 2 rings (SSSR count). The highest BCUT2D eigenvalue weighted by Gasteiger charge is 2.11. The number of para-hydroxylation sites is 2. The fourth-order valence-corrected chi connectivity index (χ4v) is 2.10. The number of nitrogens with zero attached hydrogens (tertiary/aromatic N) is 3. The molecule has 0 fully saturated rings. The number of hydrogen-bond acceptors (Lipinski definition) is 6. The van der Waals surface area contributed by atoms with Crippen LogP contribution in [0.1, 0.15) is 5.56 Å². The SMILES string of the molecule is O=[N+]([O-])c1ccc(C=NNc2ccccc2[N+](=O)[O-])c(Br)c1. The number of hydrazone groups is 1. The molecule has 0 aromatic heterocycles. The summed E-state index contributed by atoms with van der Waals surface area (Å²) in [7, 11) is 0. The Morgan fingerprint density at radius 2 is 1.82 bits per heavy atom. The predicted molar refractivity (Wildman–Crippen MR) is 85.1 cm³/mol. The minimum absolute atomic E-state index is 0.0457. The first-order chi connectivity index (χ1) is 10.5. The van der Waals surface area contributed by atoms with Gasteiger partial charge in [-0.1, -0.05) is 12.1 Å². The van der Waals surface area contributed by atoms with Crippen molar-refractivity contribution in [2.45, 2.75) is 0 Å². The number of nitrogens with one attached hydrogen (secondary N) is 1. The largest absolute Gasteiger partial charge is 0.294 e. The lowest BCUT2D eigenvalue weighted by atomic mass is 10.2. The summed E-state index contributed by atoms with van der Waals surface area (Å²) in [5, 5.41) is 25.4. The van der Waals surface area contributed by atoms with E-state index in [-0.39, 0.29) is 17.1 Å². The van der Waals surface area contributed by atoms with E-state index in [1.54, 1.807) is 12.1 Å². The van der Waals surface area contributed by atoms with Crippen molar-refractivity contribution in [1.29, 1.82) is 0 Å². The Morgan fingerprint density at radius 1 is 1.09 bits per heavy atom.